The van der Waals surface area contributed by atoms with Gasteiger partial charge in [0.15, 0.2) is 0 Å². The Hall–Kier alpha value is -1.84. The zero-order valence-electron chi connectivity index (χ0n) is 10.5. The molecular formula is C15H14ClN3. The summed E-state index contributed by atoms with van der Waals surface area (Å²) in [5.41, 5.74) is 8.79. The van der Waals surface area contributed by atoms with Crippen molar-refractivity contribution in [1.82, 2.24) is 9.78 Å². The molecule has 1 atom stereocenters. The van der Waals surface area contributed by atoms with Gasteiger partial charge in [-0.15, -0.1) is 0 Å². The summed E-state index contributed by atoms with van der Waals surface area (Å²) in [5, 5.41) is 6.15. The molecule has 0 spiro atoms. The van der Waals surface area contributed by atoms with Gasteiger partial charge in [0.1, 0.15) is 0 Å². The largest absolute Gasteiger partial charge is 0.324 e. The van der Waals surface area contributed by atoms with E-state index in [0.717, 1.165) is 22.2 Å². The van der Waals surface area contributed by atoms with Crippen LogP contribution in [0.3, 0.4) is 0 Å². The smallest absolute Gasteiger partial charge is 0.0839 e. The molecular weight excluding hydrogens is 258 g/mol. The quantitative estimate of drug-likeness (QED) is 0.772. The molecule has 2 aromatic carbocycles. The van der Waals surface area contributed by atoms with E-state index in [9.17, 15) is 0 Å². The van der Waals surface area contributed by atoms with Crippen molar-refractivity contribution in [1.29, 1.82) is 0 Å². The second-order valence-corrected chi connectivity index (χ2v) is 5.02. The zero-order valence-corrected chi connectivity index (χ0v) is 11.3. The Morgan fingerprint density at radius 1 is 1.21 bits per heavy atom. The molecule has 3 rings (SSSR count). The minimum atomic E-state index is -0.0269. The second-order valence-electron chi connectivity index (χ2n) is 4.61. The van der Waals surface area contributed by atoms with Crippen molar-refractivity contribution in [3.8, 4) is 5.69 Å². The van der Waals surface area contributed by atoms with Crippen LogP contribution in [0.15, 0.2) is 48.7 Å². The number of benzene rings is 2. The molecule has 1 aromatic heterocycles. The number of fused-ring (bicyclic) bond motifs is 1. The molecule has 19 heavy (non-hydrogen) atoms. The zero-order chi connectivity index (χ0) is 13.4. The Morgan fingerprint density at radius 2 is 2.00 bits per heavy atom. The molecule has 0 amide bonds. The second kappa shape index (κ2) is 4.68. The van der Waals surface area contributed by atoms with Crippen LogP contribution >= 0.6 is 11.6 Å². The molecule has 0 aliphatic carbocycles. The average molecular weight is 272 g/mol. The lowest BCUT2D eigenvalue weighted by Gasteiger charge is -2.10. The molecule has 0 fully saturated rings. The first-order valence-corrected chi connectivity index (χ1v) is 6.53. The summed E-state index contributed by atoms with van der Waals surface area (Å²) in [7, 11) is 0. The summed E-state index contributed by atoms with van der Waals surface area (Å²) in [6.07, 6.45) is 1.84. The molecule has 0 aliphatic heterocycles. The Bertz CT molecular complexity index is 731. The van der Waals surface area contributed by atoms with Crippen molar-refractivity contribution in [3.63, 3.8) is 0 Å². The fourth-order valence-electron chi connectivity index (χ4n) is 2.14. The first-order valence-electron chi connectivity index (χ1n) is 6.15. The number of rotatable bonds is 2. The molecule has 0 aliphatic rings. The average Bonchev–Trinajstić information content (AvgIpc) is 2.82. The van der Waals surface area contributed by atoms with Gasteiger partial charge in [-0.2, -0.15) is 5.10 Å². The highest BCUT2D eigenvalue weighted by molar-refractivity contribution is 6.32. The predicted octanol–water partition coefficient (Wildman–Crippen LogP) is 3.70. The van der Waals surface area contributed by atoms with E-state index in [4.69, 9.17) is 17.3 Å². The molecule has 0 bridgehead atoms. The van der Waals surface area contributed by atoms with Gasteiger partial charge in [0.05, 0.1) is 22.4 Å². The molecule has 1 unspecified atom stereocenters. The van der Waals surface area contributed by atoms with Gasteiger partial charge >= 0.3 is 0 Å². The third-order valence-electron chi connectivity index (χ3n) is 3.20. The van der Waals surface area contributed by atoms with Gasteiger partial charge < -0.3 is 5.73 Å². The number of nitrogens with two attached hydrogens (primary N) is 1. The molecule has 3 aromatic rings. The van der Waals surface area contributed by atoms with Crippen molar-refractivity contribution >= 4 is 22.5 Å². The Balaban J connectivity index is 2.17. The molecule has 3 nitrogen and oxygen atoms in total. The monoisotopic (exact) mass is 271 g/mol. The Labute approximate surface area is 116 Å². The van der Waals surface area contributed by atoms with E-state index >= 15 is 0 Å². The van der Waals surface area contributed by atoms with E-state index in [1.54, 1.807) is 0 Å². The van der Waals surface area contributed by atoms with Gasteiger partial charge in [-0.05, 0) is 30.7 Å². The summed E-state index contributed by atoms with van der Waals surface area (Å²) in [4.78, 5) is 0. The highest BCUT2D eigenvalue weighted by Gasteiger charge is 2.09. The van der Waals surface area contributed by atoms with Crippen LogP contribution < -0.4 is 5.73 Å². The molecule has 0 saturated heterocycles. The van der Waals surface area contributed by atoms with Gasteiger partial charge in [-0.3, -0.25) is 0 Å². The van der Waals surface area contributed by atoms with E-state index in [1.165, 1.54) is 0 Å². The van der Waals surface area contributed by atoms with Gasteiger partial charge in [0, 0.05) is 11.4 Å². The van der Waals surface area contributed by atoms with E-state index in [-0.39, 0.29) is 6.04 Å². The van der Waals surface area contributed by atoms with Gasteiger partial charge in [0.2, 0.25) is 0 Å². The number of nitrogens with zero attached hydrogens (tertiary/aromatic N) is 2. The Kier molecular flexibility index (Phi) is 3.01. The molecule has 4 heteroatoms. The van der Waals surface area contributed by atoms with Crippen LogP contribution in [-0.2, 0) is 0 Å². The number of halogens is 1. The van der Waals surface area contributed by atoms with Crippen molar-refractivity contribution in [3.05, 3.63) is 59.2 Å². The summed E-state index contributed by atoms with van der Waals surface area (Å²) in [6, 6.07) is 13.9. The SMILES string of the molecule is CC(N)c1ccc(-n2ncc3ccccc32)c(Cl)c1. The van der Waals surface area contributed by atoms with E-state index in [0.29, 0.717) is 5.02 Å². The third kappa shape index (κ3) is 2.11. The molecule has 0 saturated carbocycles. The van der Waals surface area contributed by atoms with Crippen LogP contribution in [0.4, 0.5) is 0 Å². The first kappa shape index (κ1) is 12.2. The van der Waals surface area contributed by atoms with E-state index in [2.05, 4.69) is 5.10 Å². The highest BCUT2D eigenvalue weighted by atomic mass is 35.5. The van der Waals surface area contributed by atoms with Crippen LogP contribution in [0.1, 0.15) is 18.5 Å². The predicted molar refractivity (Wildman–Crippen MR) is 78.7 cm³/mol. The van der Waals surface area contributed by atoms with Crippen molar-refractivity contribution in [2.75, 3.05) is 0 Å². The van der Waals surface area contributed by atoms with E-state index < -0.39 is 0 Å². The maximum absolute atomic E-state index is 6.35. The standard InChI is InChI=1S/C15H14ClN3/c1-10(17)11-6-7-15(13(16)8-11)19-14-5-3-2-4-12(14)9-18-19/h2-10H,17H2,1H3. The highest BCUT2D eigenvalue weighted by Crippen LogP contribution is 2.26. The van der Waals surface area contributed by atoms with Crippen LogP contribution in [0.25, 0.3) is 16.6 Å². The van der Waals surface area contributed by atoms with Crippen LogP contribution in [-0.4, -0.2) is 9.78 Å². The normalized spacial score (nSPS) is 12.8. The summed E-state index contributed by atoms with van der Waals surface area (Å²) < 4.78 is 1.85. The Morgan fingerprint density at radius 3 is 2.74 bits per heavy atom. The lowest BCUT2D eigenvalue weighted by atomic mass is 10.1. The van der Waals surface area contributed by atoms with Gasteiger partial charge in [-0.25, -0.2) is 4.68 Å². The van der Waals surface area contributed by atoms with Crippen LogP contribution in [0.2, 0.25) is 5.02 Å². The summed E-state index contributed by atoms with van der Waals surface area (Å²) >= 11 is 6.35. The number of hydrogen-bond donors (Lipinski definition) is 1. The first-order chi connectivity index (χ1) is 9.16. The summed E-state index contributed by atoms with van der Waals surface area (Å²) in [5.74, 6) is 0. The van der Waals surface area contributed by atoms with Crippen LogP contribution in [0, 0.1) is 0 Å². The maximum Gasteiger partial charge on any atom is 0.0839 e. The fraction of sp³-hybridized carbons (Fsp3) is 0.133. The molecule has 2 N–H and O–H groups in total. The minimum absolute atomic E-state index is 0.0269. The molecule has 1 heterocycles. The summed E-state index contributed by atoms with van der Waals surface area (Å²) in [6.45, 7) is 1.94. The lowest BCUT2D eigenvalue weighted by molar-refractivity contribution is 0.815. The number of hydrogen-bond acceptors (Lipinski definition) is 2. The maximum atomic E-state index is 6.35. The van der Waals surface area contributed by atoms with Gasteiger partial charge in [0.25, 0.3) is 0 Å². The molecule has 0 radical (unpaired) electrons. The number of para-hydroxylation sites is 1. The van der Waals surface area contributed by atoms with E-state index in [1.807, 2.05) is 60.3 Å². The third-order valence-corrected chi connectivity index (χ3v) is 3.51. The minimum Gasteiger partial charge on any atom is -0.324 e. The lowest BCUT2D eigenvalue weighted by Crippen LogP contribution is -2.05. The topological polar surface area (TPSA) is 43.8 Å². The number of aromatic nitrogens is 2. The fourth-order valence-corrected chi connectivity index (χ4v) is 2.41. The van der Waals surface area contributed by atoms with Crippen molar-refractivity contribution in [2.24, 2.45) is 5.73 Å². The molecule has 96 valence electrons. The van der Waals surface area contributed by atoms with Crippen LogP contribution in [0.5, 0.6) is 0 Å². The van der Waals surface area contributed by atoms with Crippen molar-refractivity contribution in [2.45, 2.75) is 13.0 Å². The van der Waals surface area contributed by atoms with Crippen molar-refractivity contribution < 1.29 is 0 Å². The van der Waals surface area contributed by atoms with Gasteiger partial charge in [-0.1, -0.05) is 35.9 Å².